The van der Waals surface area contributed by atoms with E-state index in [9.17, 15) is 9.59 Å². The Morgan fingerprint density at radius 2 is 1.84 bits per heavy atom. The molecule has 2 aromatic carbocycles. The number of fused-ring (bicyclic) bond motifs is 1. The molecule has 0 bridgehead atoms. The van der Waals surface area contributed by atoms with E-state index in [2.05, 4.69) is 17.4 Å². The van der Waals surface area contributed by atoms with E-state index in [0.717, 1.165) is 24.2 Å². The summed E-state index contributed by atoms with van der Waals surface area (Å²) < 4.78 is 0. The lowest BCUT2D eigenvalue weighted by Crippen LogP contribution is -2.28. The van der Waals surface area contributed by atoms with Crippen LogP contribution in [0.1, 0.15) is 24.0 Å². The highest BCUT2D eigenvalue weighted by molar-refractivity contribution is 6.30. The van der Waals surface area contributed by atoms with Crippen molar-refractivity contribution in [3.8, 4) is 0 Å². The van der Waals surface area contributed by atoms with Crippen molar-refractivity contribution in [2.75, 3.05) is 16.8 Å². The second-order valence-electron chi connectivity index (χ2n) is 6.71. The summed E-state index contributed by atoms with van der Waals surface area (Å²) in [6, 6.07) is 13.2. The summed E-state index contributed by atoms with van der Waals surface area (Å²) in [6.45, 7) is 0.400. The summed E-state index contributed by atoms with van der Waals surface area (Å²) in [4.78, 5) is 26.5. The summed E-state index contributed by atoms with van der Waals surface area (Å²) in [6.07, 6.45) is 3.61. The summed E-state index contributed by atoms with van der Waals surface area (Å²) in [5.74, 6) is -0.462. The van der Waals surface area contributed by atoms with E-state index in [1.54, 1.807) is 29.2 Å². The molecule has 0 radical (unpaired) electrons. The van der Waals surface area contributed by atoms with Gasteiger partial charge in [0.2, 0.25) is 11.8 Å². The third kappa shape index (κ3) is 3.27. The smallest absolute Gasteiger partial charge is 0.229 e. The van der Waals surface area contributed by atoms with Crippen molar-refractivity contribution in [2.45, 2.75) is 25.7 Å². The molecule has 1 aliphatic heterocycles. The van der Waals surface area contributed by atoms with Gasteiger partial charge in [-0.1, -0.05) is 17.7 Å². The van der Waals surface area contributed by atoms with Crippen molar-refractivity contribution in [1.29, 1.82) is 0 Å². The molecule has 2 aromatic rings. The second kappa shape index (κ2) is 6.52. The molecular formula is C20H19ClN2O2. The van der Waals surface area contributed by atoms with Gasteiger partial charge in [-0.2, -0.15) is 0 Å². The normalized spacial score (nSPS) is 19.2. The van der Waals surface area contributed by atoms with E-state index in [4.69, 9.17) is 11.6 Å². The van der Waals surface area contributed by atoms with Crippen molar-refractivity contribution >= 4 is 34.8 Å². The molecule has 1 N–H and O–H groups in total. The number of carbonyl (C=O) groups is 2. The summed E-state index contributed by atoms with van der Waals surface area (Å²) in [5, 5.41) is 3.60. The van der Waals surface area contributed by atoms with Crippen LogP contribution < -0.4 is 10.2 Å². The van der Waals surface area contributed by atoms with E-state index in [-0.39, 0.29) is 24.2 Å². The first-order valence-corrected chi connectivity index (χ1v) is 8.96. The first kappa shape index (κ1) is 16.2. The number of nitrogens with one attached hydrogen (secondary N) is 1. The van der Waals surface area contributed by atoms with Gasteiger partial charge in [0.25, 0.3) is 0 Å². The van der Waals surface area contributed by atoms with E-state index in [1.165, 1.54) is 17.5 Å². The Hall–Kier alpha value is -2.33. The Morgan fingerprint density at radius 1 is 1.08 bits per heavy atom. The molecule has 4 nitrogen and oxygen atoms in total. The molecule has 128 valence electrons. The Bertz CT molecular complexity index is 832. The van der Waals surface area contributed by atoms with Gasteiger partial charge >= 0.3 is 0 Å². The van der Waals surface area contributed by atoms with Gasteiger partial charge in [0.15, 0.2) is 0 Å². The third-order valence-electron chi connectivity index (χ3n) is 5.00. The van der Waals surface area contributed by atoms with Gasteiger partial charge in [-0.25, -0.2) is 0 Å². The number of hydrogen-bond donors (Lipinski definition) is 1. The van der Waals surface area contributed by atoms with E-state index < -0.39 is 0 Å². The number of anilines is 2. The second-order valence-corrected chi connectivity index (χ2v) is 7.14. The highest BCUT2D eigenvalue weighted by atomic mass is 35.5. The van der Waals surface area contributed by atoms with Crippen LogP contribution in [0, 0.1) is 5.92 Å². The van der Waals surface area contributed by atoms with Crippen LogP contribution in [-0.4, -0.2) is 18.4 Å². The van der Waals surface area contributed by atoms with Gasteiger partial charge in [0.05, 0.1) is 5.92 Å². The van der Waals surface area contributed by atoms with Crippen molar-refractivity contribution in [3.63, 3.8) is 0 Å². The first-order valence-electron chi connectivity index (χ1n) is 8.59. The average molecular weight is 355 g/mol. The van der Waals surface area contributed by atoms with Gasteiger partial charge in [0.1, 0.15) is 0 Å². The molecular weight excluding hydrogens is 336 g/mol. The Labute approximate surface area is 151 Å². The lowest BCUT2D eigenvalue weighted by atomic mass is 10.1. The number of nitrogens with zero attached hydrogens (tertiary/aromatic N) is 1. The van der Waals surface area contributed by atoms with Crippen LogP contribution in [0.15, 0.2) is 42.5 Å². The van der Waals surface area contributed by atoms with Crippen LogP contribution in [-0.2, 0) is 22.4 Å². The van der Waals surface area contributed by atoms with Gasteiger partial charge in [-0.05, 0) is 66.8 Å². The van der Waals surface area contributed by atoms with E-state index in [1.807, 2.05) is 6.07 Å². The molecule has 2 aliphatic rings. The number of halogens is 1. The van der Waals surface area contributed by atoms with Gasteiger partial charge in [0, 0.05) is 29.4 Å². The predicted octanol–water partition coefficient (Wildman–Crippen LogP) is 3.82. The Balaban J connectivity index is 1.44. The molecule has 1 unspecified atom stereocenters. The number of benzene rings is 2. The predicted molar refractivity (Wildman–Crippen MR) is 99.0 cm³/mol. The van der Waals surface area contributed by atoms with Crippen LogP contribution >= 0.6 is 11.6 Å². The molecule has 0 spiro atoms. The molecule has 1 saturated heterocycles. The summed E-state index contributed by atoms with van der Waals surface area (Å²) in [7, 11) is 0. The minimum Gasteiger partial charge on any atom is -0.326 e. The lowest BCUT2D eigenvalue weighted by molar-refractivity contribution is -0.122. The number of rotatable bonds is 3. The number of aryl methyl sites for hydroxylation is 2. The van der Waals surface area contributed by atoms with Crippen molar-refractivity contribution in [2.24, 2.45) is 5.92 Å². The van der Waals surface area contributed by atoms with Gasteiger partial charge < -0.3 is 10.2 Å². The van der Waals surface area contributed by atoms with Crippen molar-refractivity contribution in [1.82, 2.24) is 0 Å². The molecule has 2 amide bonds. The minimum atomic E-state index is -0.337. The number of carbonyl (C=O) groups excluding carboxylic acids is 2. The summed E-state index contributed by atoms with van der Waals surface area (Å²) in [5.41, 5.74) is 4.30. The molecule has 1 aliphatic carbocycles. The maximum absolute atomic E-state index is 12.6. The monoisotopic (exact) mass is 354 g/mol. The number of hydrogen-bond acceptors (Lipinski definition) is 2. The fourth-order valence-electron chi connectivity index (χ4n) is 3.65. The molecule has 1 heterocycles. The number of amides is 2. The first-order chi connectivity index (χ1) is 12.1. The zero-order chi connectivity index (χ0) is 17.4. The highest BCUT2D eigenvalue weighted by Gasteiger charge is 2.35. The van der Waals surface area contributed by atoms with Gasteiger partial charge in [-0.3, -0.25) is 9.59 Å². The molecule has 1 fully saturated rings. The summed E-state index contributed by atoms with van der Waals surface area (Å²) >= 11 is 5.90. The van der Waals surface area contributed by atoms with Crippen molar-refractivity contribution in [3.05, 3.63) is 58.6 Å². The molecule has 1 atom stereocenters. The Kier molecular flexibility index (Phi) is 4.22. The van der Waals surface area contributed by atoms with Crippen LogP contribution in [0.5, 0.6) is 0 Å². The molecule has 5 heteroatoms. The maximum atomic E-state index is 12.6. The molecule has 25 heavy (non-hydrogen) atoms. The Morgan fingerprint density at radius 3 is 2.64 bits per heavy atom. The topological polar surface area (TPSA) is 49.4 Å². The SMILES string of the molecule is O=C(Nc1ccc2c(c1)CCC2)C1CC(=O)N(c2ccc(Cl)cc2)C1. The van der Waals surface area contributed by atoms with Gasteiger partial charge in [-0.15, -0.1) is 0 Å². The van der Waals surface area contributed by atoms with Crippen LogP contribution in [0.3, 0.4) is 0 Å². The highest BCUT2D eigenvalue weighted by Crippen LogP contribution is 2.28. The largest absolute Gasteiger partial charge is 0.326 e. The maximum Gasteiger partial charge on any atom is 0.229 e. The quantitative estimate of drug-likeness (QED) is 0.910. The van der Waals surface area contributed by atoms with Crippen LogP contribution in [0.4, 0.5) is 11.4 Å². The average Bonchev–Trinajstić information content (AvgIpc) is 3.22. The zero-order valence-corrected chi connectivity index (χ0v) is 14.6. The zero-order valence-electron chi connectivity index (χ0n) is 13.8. The van der Waals surface area contributed by atoms with E-state index in [0.29, 0.717) is 11.6 Å². The molecule has 0 saturated carbocycles. The molecule has 0 aromatic heterocycles. The van der Waals surface area contributed by atoms with Crippen molar-refractivity contribution < 1.29 is 9.59 Å². The minimum absolute atomic E-state index is 0.0311. The standard InChI is InChI=1S/C20H19ClN2O2/c21-16-5-8-18(9-6-16)23-12-15(11-19(23)24)20(25)22-17-7-4-13-2-1-3-14(13)10-17/h4-10,15H,1-3,11-12H2,(H,22,25). The third-order valence-corrected chi connectivity index (χ3v) is 5.25. The van der Waals surface area contributed by atoms with E-state index >= 15 is 0 Å². The fraction of sp³-hybridized carbons (Fsp3) is 0.300. The lowest BCUT2D eigenvalue weighted by Gasteiger charge is -2.17. The van der Waals surface area contributed by atoms with Crippen LogP contribution in [0.25, 0.3) is 0 Å². The fourth-order valence-corrected chi connectivity index (χ4v) is 3.77. The molecule has 4 rings (SSSR count). The van der Waals surface area contributed by atoms with Crippen LogP contribution in [0.2, 0.25) is 5.02 Å².